The van der Waals surface area contributed by atoms with Crippen molar-refractivity contribution in [3.63, 3.8) is 0 Å². The highest BCUT2D eigenvalue weighted by molar-refractivity contribution is 5.94. The highest BCUT2D eigenvalue weighted by Crippen LogP contribution is 2.37. The number of nitrogens with zero attached hydrogens (tertiary/aromatic N) is 1. The van der Waals surface area contributed by atoms with Gasteiger partial charge in [0.05, 0.1) is 5.56 Å². The highest BCUT2D eigenvalue weighted by atomic mass is 19.1. The topological polar surface area (TPSA) is 32.3 Å². The van der Waals surface area contributed by atoms with Crippen LogP contribution in [0.5, 0.6) is 0 Å². The smallest absolute Gasteiger partial charge is 0.254 e. The summed E-state index contributed by atoms with van der Waals surface area (Å²) in [5.41, 5.74) is 1.38. The molecule has 1 N–H and O–H groups in total. The fourth-order valence-electron chi connectivity index (χ4n) is 4.19. The van der Waals surface area contributed by atoms with Gasteiger partial charge in [-0.25, -0.2) is 4.39 Å². The van der Waals surface area contributed by atoms with Crippen LogP contribution in [0.15, 0.2) is 54.6 Å². The van der Waals surface area contributed by atoms with E-state index >= 15 is 0 Å². The Morgan fingerprint density at radius 3 is 2.38 bits per heavy atom. The van der Waals surface area contributed by atoms with E-state index in [9.17, 15) is 9.18 Å². The lowest BCUT2D eigenvalue weighted by molar-refractivity contribution is 0.0841. The van der Waals surface area contributed by atoms with Crippen LogP contribution in [0.3, 0.4) is 0 Å². The van der Waals surface area contributed by atoms with Crippen LogP contribution in [-0.4, -0.2) is 30.9 Å². The lowest BCUT2D eigenvalue weighted by Crippen LogP contribution is -2.47. The van der Waals surface area contributed by atoms with Gasteiger partial charge in [-0.2, -0.15) is 0 Å². The van der Waals surface area contributed by atoms with Gasteiger partial charge >= 0.3 is 0 Å². The molecule has 3 nitrogen and oxygen atoms in total. The van der Waals surface area contributed by atoms with E-state index in [0.29, 0.717) is 5.92 Å². The van der Waals surface area contributed by atoms with E-state index < -0.39 is 5.82 Å². The Balaban J connectivity index is 1.83. The third-order valence-corrected chi connectivity index (χ3v) is 5.36. The molecule has 4 heteroatoms. The maximum absolute atomic E-state index is 14.0. The Bertz CT molecular complexity index is 732. The van der Waals surface area contributed by atoms with Crippen molar-refractivity contribution in [3.8, 4) is 0 Å². The highest BCUT2D eigenvalue weighted by Gasteiger charge is 2.35. The molecule has 3 atom stereocenters. The number of nitrogens with one attached hydrogen (secondary N) is 1. The monoisotopic (exact) mass is 354 g/mol. The largest absolute Gasteiger partial charge is 0.349 e. The third kappa shape index (κ3) is 4.13. The minimum absolute atomic E-state index is 0.0449. The van der Waals surface area contributed by atoms with E-state index in [1.807, 2.05) is 6.07 Å². The minimum Gasteiger partial charge on any atom is -0.349 e. The molecule has 0 bridgehead atoms. The molecule has 2 aromatic rings. The number of amides is 1. The molecule has 1 saturated carbocycles. The van der Waals surface area contributed by atoms with Gasteiger partial charge < -0.3 is 10.2 Å². The molecule has 3 rings (SSSR count). The van der Waals surface area contributed by atoms with Crippen molar-refractivity contribution in [2.24, 2.45) is 5.92 Å². The number of hydrogen-bond acceptors (Lipinski definition) is 2. The molecule has 0 saturated heterocycles. The summed E-state index contributed by atoms with van der Waals surface area (Å²) in [6.07, 6.45) is 4.24. The van der Waals surface area contributed by atoms with Crippen molar-refractivity contribution < 1.29 is 9.18 Å². The Morgan fingerprint density at radius 1 is 1.04 bits per heavy atom. The molecular weight excluding hydrogens is 327 g/mol. The summed E-state index contributed by atoms with van der Waals surface area (Å²) >= 11 is 0. The molecule has 0 spiro atoms. The van der Waals surface area contributed by atoms with Crippen LogP contribution < -0.4 is 5.32 Å². The molecule has 1 aliphatic rings. The second-order valence-corrected chi connectivity index (χ2v) is 7.33. The summed E-state index contributed by atoms with van der Waals surface area (Å²) < 4.78 is 14.0. The number of halogens is 1. The fourth-order valence-corrected chi connectivity index (χ4v) is 4.19. The van der Waals surface area contributed by atoms with Crippen molar-refractivity contribution in [2.75, 3.05) is 14.1 Å². The summed E-state index contributed by atoms with van der Waals surface area (Å²) in [6.45, 7) is 0. The zero-order valence-electron chi connectivity index (χ0n) is 15.5. The van der Waals surface area contributed by atoms with E-state index in [2.05, 4.69) is 48.6 Å². The van der Waals surface area contributed by atoms with Crippen LogP contribution in [0.25, 0.3) is 0 Å². The average Bonchev–Trinajstić information content (AvgIpc) is 2.64. The van der Waals surface area contributed by atoms with E-state index in [1.165, 1.54) is 11.6 Å². The molecule has 1 aliphatic carbocycles. The molecule has 0 aliphatic heterocycles. The van der Waals surface area contributed by atoms with Gasteiger partial charge in [0.2, 0.25) is 0 Å². The average molecular weight is 354 g/mol. The number of carbonyl (C=O) groups excluding carboxylic acids is 1. The van der Waals surface area contributed by atoms with Gasteiger partial charge in [-0.05, 0) is 50.6 Å². The van der Waals surface area contributed by atoms with Gasteiger partial charge in [0.1, 0.15) is 5.82 Å². The van der Waals surface area contributed by atoms with Crippen LogP contribution in [-0.2, 0) is 0 Å². The van der Waals surface area contributed by atoms with Crippen LogP contribution in [0.4, 0.5) is 4.39 Å². The van der Waals surface area contributed by atoms with Crippen LogP contribution in [0.2, 0.25) is 0 Å². The van der Waals surface area contributed by atoms with E-state index in [-0.39, 0.29) is 23.6 Å². The van der Waals surface area contributed by atoms with Crippen LogP contribution in [0, 0.1) is 11.7 Å². The maximum atomic E-state index is 14.0. The Labute approximate surface area is 155 Å². The van der Waals surface area contributed by atoms with Crippen molar-refractivity contribution in [3.05, 3.63) is 71.5 Å². The van der Waals surface area contributed by atoms with Gasteiger partial charge in [-0.15, -0.1) is 0 Å². The number of hydrogen-bond donors (Lipinski definition) is 1. The molecule has 2 aromatic carbocycles. The Morgan fingerprint density at radius 2 is 1.69 bits per heavy atom. The van der Waals surface area contributed by atoms with Gasteiger partial charge in [-0.1, -0.05) is 55.3 Å². The molecule has 138 valence electrons. The van der Waals surface area contributed by atoms with Crippen LogP contribution in [0.1, 0.15) is 47.6 Å². The van der Waals surface area contributed by atoms with E-state index in [1.54, 1.807) is 18.2 Å². The number of benzene rings is 2. The zero-order valence-corrected chi connectivity index (χ0v) is 15.5. The predicted molar refractivity (Wildman–Crippen MR) is 102 cm³/mol. The fraction of sp³-hybridized carbons (Fsp3) is 0.409. The van der Waals surface area contributed by atoms with Gasteiger partial charge in [0, 0.05) is 12.1 Å². The Kier molecular flexibility index (Phi) is 6.04. The standard InChI is InChI=1S/C22H27FN2O/c1-25(2)21(16-10-4-3-5-11-16)18-13-7-9-15-20(18)24-22(26)17-12-6-8-14-19(17)23/h3-6,8,10-12,14,18,20-21H,7,9,13,15H2,1-2H3,(H,24,26)/t18-,20+,21?/m0/s1. The number of rotatable bonds is 5. The molecule has 0 heterocycles. The first-order valence-electron chi connectivity index (χ1n) is 9.34. The maximum Gasteiger partial charge on any atom is 0.254 e. The van der Waals surface area contributed by atoms with E-state index in [4.69, 9.17) is 0 Å². The van der Waals surface area contributed by atoms with Crippen LogP contribution >= 0.6 is 0 Å². The lowest BCUT2D eigenvalue weighted by Gasteiger charge is -2.40. The minimum atomic E-state index is -0.468. The molecule has 1 amide bonds. The Hall–Kier alpha value is -2.20. The first-order chi connectivity index (χ1) is 12.6. The van der Waals surface area contributed by atoms with Gasteiger partial charge in [0.15, 0.2) is 0 Å². The second kappa shape index (κ2) is 8.45. The quantitative estimate of drug-likeness (QED) is 0.862. The SMILES string of the molecule is CN(C)C(c1ccccc1)[C@H]1CCCC[C@H]1NC(=O)c1ccccc1F. The van der Waals surface area contributed by atoms with Crippen molar-refractivity contribution in [1.82, 2.24) is 10.2 Å². The molecule has 1 fully saturated rings. The molecule has 0 aromatic heterocycles. The first-order valence-corrected chi connectivity index (χ1v) is 9.34. The summed E-state index contributed by atoms with van der Waals surface area (Å²) in [7, 11) is 4.17. The third-order valence-electron chi connectivity index (χ3n) is 5.36. The van der Waals surface area contributed by atoms with Crippen molar-refractivity contribution >= 4 is 5.91 Å². The van der Waals surface area contributed by atoms with E-state index in [0.717, 1.165) is 25.7 Å². The predicted octanol–water partition coefficient (Wildman–Crippen LogP) is 4.42. The number of carbonyl (C=O) groups is 1. The molecular formula is C22H27FN2O. The van der Waals surface area contributed by atoms with Crippen molar-refractivity contribution in [2.45, 2.75) is 37.8 Å². The molecule has 26 heavy (non-hydrogen) atoms. The summed E-state index contributed by atoms with van der Waals surface area (Å²) in [6, 6.07) is 16.9. The molecule has 0 radical (unpaired) electrons. The lowest BCUT2D eigenvalue weighted by atomic mass is 9.77. The van der Waals surface area contributed by atoms with Gasteiger partial charge in [0.25, 0.3) is 5.91 Å². The summed E-state index contributed by atoms with van der Waals surface area (Å²) in [5.74, 6) is -0.480. The normalized spacial score (nSPS) is 21.4. The van der Waals surface area contributed by atoms with Gasteiger partial charge in [-0.3, -0.25) is 4.79 Å². The summed E-state index contributed by atoms with van der Waals surface area (Å²) in [5, 5.41) is 3.13. The zero-order chi connectivity index (χ0) is 18.5. The summed E-state index contributed by atoms with van der Waals surface area (Å²) in [4.78, 5) is 14.9. The first kappa shape index (κ1) is 18.6. The van der Waals surface area contributed by atoms with Crippen molar-refractivity contribution in [1.29, 1.82) is 0 Å². The molecule has 1 unspecified atom stereocenters. The second-order valence-electron chi connectivity index (χ2n) is 7.33.